The van der Waals surface area contributed by atoms with Crippen molar-refractivity contribution in [2.75, 3.05) is 16.6 Å². The van der Waals surface area contributed by atoms with Gasteiger partial charge in [-0.05, 0) is 73.4 Å². The summed E-state index contributed by atoms with van der Waals surface area (Å²) >= 11 is 0. The lowest BCUT2D eigenvalue weighted by molar-refractivity contribution is -0.119. The highest BCUT2D eigenvalue weighted by atomic mass is 32.2. The van der Waals surface area contributed by atoms with Crippen LogP contribution in [0.15, 0.2) is 65.6 Å². The molecule has 0 atom stereocenters. The number of amides is 1. The fourth-order valence-electron chi connectivity index (χ4n) is 3.34. The molecule has 34 heavy (non-hydrogen) atoms. The molecule has 0 spiro atoms. The number of para-hydroxylation sites is 1. The van der Waals surface area contributed by atoms with Gasteiger partial charge in [0, 0.05) is 11.4 Å². The van der Waals surface area contributed by atoms with E-state index in [0.29, 0.717) is 11.3 Å². The van der Waals surface area contributed by atoms with Crippen molar-refractivity contribution in [2.45, 2.75) is 32.1 Å². The van der Waals surface area contributed by atoms with E-state index >= 15 is 0 Å². The van der Waals surface area contributed by atoms with E-state index in [1.807, 2.05) is 32.0 Å². The van der Waals surface area contributed by atoms with Gasteiger partial charge in [-0.25, -0.2) is 17.6 Å². The lowest BCUT2D eigenvalue weighted by Crippen LogP contribution is -2.22. The molecule has 7 nitrogen and oxygen atoms in total. The molecule has 3 aromatic carbocycles. The Balaban J connectivity index is 1.71. The van der Waals surface area contributed by atoms with Crippen LogP contribution in [0.1, 0.15) is 34.0 Å². The van der Waals surface area contributed by atoms with Crippen molar-refractivity contribution in [1.29, 1.82) is 0 Å². The van der Waals surface area contributed by atoms with Crippen LogP contribution in [-0.4, -0.2) is 26.9 Å². The van der Waals surface area contributed by atoms with Crippen molar-refractivity contribution in [3.63, 3.8) is 0 Å². The van der Waals surface area contributed by atoms with Crippen LogP contribution < -0.4 is 10.0 Å². The molecule has 0 unspecified atom stereocenters. The molecule has 0 saturated carbocycles. The number of halogens is 1. The molecule has 1 amide bonds. The third-order valence-electron chi connectivity index (χ3n) is 5.15. The zero-order valence-corrected chi connectivity index (χ0v) is 19.8. The number of carbonyl (C=O) groups is 2. The fraction of sp³-hybridized carbons (Fsp3) is 0.200. The number of sulfonamides is 1. The number of nitrogens with one attached hydrogen (secondary N) is 2. The highest BCUT2D eigenvalue weighted by Gasteiger charge is 2.21. The van der Waals surface area contributed by atoms with Crippen molar-refractivity contribution in [3.05, 3.63) is 88.7 Å². The topological polar surface area (TPSA) is 102 Å². The molecule has 0 aliphatic heterocycles. The number of hydrogen-bond acceptors (Lipinski definition) is 5. The Hall–Kier alpha value is -3.72. The predicted octanol–water partition coefficient (Wildman–Crippen LogP) is 4.60. The van der Waals surface area contributed by atoms with E-state index in [0.717, 1.165) is 29.7 Å². The SMILES string of the molecule is CCc1cccc(C)c1NC(=O)COC(=O)c1ccc(C)c(S(=O)(=O)Nc2ccc(F)cc2)c1. The van der Waals surface area contributed by atoms with E-state index in [9.17, 15) is 22.4 Å². The Morgan fingerprint density at radius 2 is 1.68 bits per heavy atom. The summed E-state index contributed by atoms with van der Waals surface area (Å²) in [6.45, 7) is 4.89. The van der Waals surface area contributed by atoms with Gasteiger partial charge in [-0.2, -0.15) is 0 Å². The monoisotopic (exact) mass is 484 g/mol. The summed E-state index contributed by atoms with van der Waals surface area (Å²) in [4.78, 5) is 24.7. The van der Waals surface area contributed by atoms with Gasteiger partial charge in [0.2, 0.25) is 0 Å². The van der Waals surface area contributed by atoms with Gasteiger partial charge in [0.1, 0.15) is 5.82 Å². The van der Waals surface area contributed by atoms with Crippen LogP contribution in [0.2, 0.25) is 0 Å². The minimum atomic E-state index is -4.06. The minimum Gasteiger partial charge on any atom is -0.452 e. The first-order valence-electron chi connectivity index (χ1n) is 10.5. The second kappa shape index (κ2) is 10.5. The number of anilines is 2. The van der Waals surface area contributed by atoms with E-state index in [1.54, 1.807) is 6.92 Å². The largest absolute Gasteiger partial charge is 0.452 e. The quantitative estimate of drug-likeness (QED) is 0.455. The first-order chi connectivity index (χ1) is 16.1. The van der Waals surface area contributed by atoms with Gasteiger partial charge in [-0.3, -0.25) is 9.52 Å². The Bertz CT molecular complexity index is 1320. The van der Waals surface area contributed by atoms with Crippen molar-refractivity contribution in [1.82, 2.24) is 0 Å². The van der Waals surface area contributed by atoms with Crippen LogP contribution in [0.25, 0.3) is 0 Å². The van der Waals surface area contributed by atoms with Crippen molar-refractivity contribution >= 4 is 33.3 Å². The van der Waals surface area contributed by atoms with Gasteiger partial charge in [0.05, 0.1) is 10.5 Å². The summed E-state index contributed by atoms with van der Waals surface area (Å²) in [5.74, 6) is -1.84. The van der Waals surface area contributed by atoms with Crippen molar-refractivity contribution in [2.24, 2.45) is 0 Å². The minimum absolute atomic E-state index is 0.0250. The number of ether oxygens (including phenoxy) is 1. The lowest BCUT2D eigenvalue weighted by atomic mass is 10.1. The van der Waals surface area contributed by atoms with Crippen LogP contribution in [0, 0.1) is 19.7 Å². The molecule has 9 heteroatoms. The Morgan fingerprint density at radius 1 is 0.971 bits per heavy atom. The average Bonchev–Trinajstić information content (AvgIpc) is 2.80. The molecule has 0 fully saturated rings. The van der Waals surface area contributed by atoms with Crippen LogP contribution in [0.5, 0.6) is 0 Å². The van der Waals surface area contributed by atoms with E-state index in [1.165, 1.54) is 30.3 Å². The molecule has 0 bridgehead atoms. The van der Waals surface area contributed by atoms with Crippen LogP contribution in [-0.2, 0) is 26.0 Å². The third kappa shape index (κ3) is 5.99. The van der Waals surface area contributed by atoms with E-state index < -0.39 is 34.3 Å². The fourth-order valence-corrected chi connectivity index (χ4v) is 4.67. The standard InChI is InChI=1S/C25H25FN2O5S/c1-4-18-7-5-6-17(3)24(18)27-23(29)15-33-25(30)19-9-8-16(2)22(14-19)34(31,32)28-21-12-10-20(26)11-13-21/h5-14,28H,4,15H2,1-3H3,(H,27,29). The smallest absolute Gasteiger partial charge is 0.338 e. The third-order valence-corrected chi connectivity index (χ3v) is 6.67. The summed E-state index contributed by atoms with van der Waals surface area (Å²) in [6.07, 6.45) is 0.726. The molecule has 3 rings (SSSR count). The average molecular weight is 485 g/mol. The number of esters is 1. The number of carbonyl (C=O) groups excluding carboxylic acids is 2. The van der Waals surface area contributed by atoms with Gasteiger partial charge in [-0.15, -0.1) is 0 Å². The van der Waals surface area contributed by atoms with Gasteiger partial charge in [0.25, 0.3) is 15.9 Å². The number of hydrogen-bond donors (Lipinski definition) is 2. The molecule has 2 N–H and O–H groups in total. The molecule has 178 valence electrons. The van der Waals surface area contributed by atoms with E-state index in [-0.39, 0.29) is 16.1 Å². The normalized spacial score (nSPS) is 11.1. The predicted molar refractivity (Wildman–Crippen MR) is 128 cm³/mol. The summed E-state index contributed by atoms with van der Waals surface area (Å²) < 4.78 is 46.2. The van der Waals surface area contributed by atoms with Gasteiger partial charge in [-0.1, -0.05) is 31.2 Å². The zero-order chi connectivity index (χ0) is 24.9. The zero-order valence-electron chi connectivity index (χ0n) is 19.0. The maximum absolute atomic E-state index is 13.1. The second-order valence-electron chi connectivity index (χ2n) is 7.68. The summed E-state index contributed by atoms with van der Waals surface area (Å²) in [6, 6.07) is 14.6. The van der Waals surface area contributed by atoms with Crippen LogP contribution in [0.4, 0.5) is 15.8 Å². The molecular weight excluding hydrogens is 459 g/mol. The van der Waals surface area contributed by atoms with Gasteiger partial charge in [0.15, 0.2) is 6.61 Å². The highest BCUT2D eigenvalue weighted by molar-refractivity contribution is 7.92. The van der Waals surface area contributed by atoms with Gasteiger partial charge >= 0.3 is 5.97 Å². The molecule has 3 aromatic rings. The summed E-state index contributed by atoms with van der Waals surface area (Å²) in [7, 11) is -4.06. The van der Waals surface area contributed by atoms with E-state index in [4.69, 9.17) is 4.74 Å². The summed E-state index contributed by atoms with van der Waals surface area (Å²) in [5.41, 5.74) is 3.08. The number of benzene rings is 3. The van der Waals surface area contributed by atoms with Crippen LogP contribution in [0.3, 0.4) is 0 Å². The van der Waals surface area contributed by atoms with Gasteiger partial charge < -0.3 is 10.1 Å². The molecular formula is C25H25FN2O5S. The molecule has 0 aromatic heterocycles. The number of aryl methyl sites for hydroxylation is 3. The maximum atomic E-state index is 13.1. The summed E-state index contributed by atoms with van der Waals surface area (Å²) in [5, 5.41) is 2.76. The van der Waals surface area contributed by atoms with Crippen LogP contribution >= 0.6 is 0 Å². The highest BCUT2D eigenvalue weighted by Crippen LogP contribution is 2.23. The van der Waals surface area contributed by atoms with Crippen molar-refractivity contribution in [3.8, 4) is 0 Å². The lowest BCUT2D eigenvalue weighted by Gasteiger charge is -2.14. The molecule has 0 aliphatic carbocycles. The molecule has 0 saturated heterocycles. The first-order valence-corrected chi connectivity index (χ1v) is 12.0. The van der Waals surface area contributed by atoms with Crippen molar-refractivity contribution < 1.29 is 27.1 Å². The molecule has 0 heterocycles. The van der Waals surface area contributed by atoms with E-state index in [2.05, 4.69) is 10.0 Å². The Labute approximate surface area is 198 Å². The Morgan fingerprint density at radius 3 is 2.35 bits per heavy atom. The number of rotatable bonds is 8. The first kappa shape index (κ1) is 24.9. The Kier molecular flexibility index (Phi) is 7.68. The second-order valence-corrected chi connectivity index (χ2v) is 9.33. The molecule has 0 radical (unpaired) electrons. The maximum Gasteiger partial charge on any atom is 0.338 e. The molecule has 0 aliphatic rings.